The Balaban J connectivity index is 1.58. The van der Waals surface area contributed by atoms with Gasteiger partial charge in [-0.3, -0.25) is 9.59 Å². The number of anilines is 1. The van der Waals surface area contributed by atoms with Gasteiger partial charge in [0.05, 0.1) is 10.9 Å². The summed E-state index contributed by atoms with van der Waals surface area (Å²) in [5.41, 5.74) is 0.647. The van der Waals surface area contributed by atoms with Crippen LogP contribution in [0, 0.1) is 0 Å². The molecule has 0 N–H and O–H groups in total. The molecule has 1 saturated heterocycles. The Morgan fingerprint density at radius 1 is 0.833 bits per heavy atom. The van der Waals surface area contributed by atoms with Gasteiger partial charge in [0.1, 0.15) is 0 Å². The number of amides is 2. The number of nitrogens with zero attached hydrogens (tertiary/aromatic N) is 1. The fourth-order valence-electron chi connectivity index (χ4n) is 2.95. The lowest BCUT2D eigenvalue weighted by Crippen LogP contribution is -2.30. The average molecular weight is 333 g/mol. The number of carbonyl (C=O) groups is 2. The number of carbonyl (C=O) groups excluding carboxylic acids is 2. The van der Waals surface area contributed by atoms with Crippen molar-refractivity contribution in [1.29, 1.82) is 0 Å². The van der Waals surface area contributed by atoms with Gasteiger partial charge in [0.15, 0.2) is 0 Å². The zero-order valence-corrected chi connectivity index (χ0v) is 13.7. The summed E-state index contributed by atoms with van der Waals surface area (Å²) in [7, 11) is 0. The molecule has 0 aromatic heterocycles. The van der Waals surface area contributed by atoms with Crippen LogP contribution in [0.4, 0.5) is 5.69 Å². The van der Waals surface area contributed by atoms with E-state index in [1.165, 1.54) is 22.0 Å². The highest BCUT2D eigenvalue weighted by atomic mass is 32.2. The fourth-order valence-corrected chi connectivity index (χ4v) is 4.05. The van der Waals surface area contributed by atoms with Crippen LogP contribution in [0.15, 0.2) is 77.7 Å². The van der Waals surface area contributed by atoms with Gasteiger partial charge in [-0.05, 0) is 35.0 Å². The van der Waals surface area contributed by atoms with Crippen molar-refractivity contribution < 1.29 is 9.59 Å². The third-order valence-electron chi connectivity index (χ3n) is 4.12. The van der Waals surface area contributed by atoms with Crippen LogP contribution in [0.3, 0.4) is 0 Å². The number of para-hydroxylation sites is 1. The van der Waals surface area contributed by atoms with Crippen molar-refractivity contribution in [3.05, 3.63) is 72.8 Å². The number of imide groups is 1. The Morgan fingerprint density at radius 3 is 2.33 bits per heavy atom. The maximum absolute atomic E-state index is 12.7. The number of hydrogen-bond acceptors (Lipinski definition) is 3. The molecule has 0 saturated carbocycles. The number of benzene rings is 3. The summed E-state index contributed by atoms with van der Waals surface area (Å²) >= 11 is 1.46. The topological polar surface area (TPSA) is 37.4 Å². The van der Waals surface area contributed by atoms with Crippen molar-refractivity contribution in [3.63, 3.8) is 0 Å². The first-order chi connectivity index (χ1) is 11.7. The lowest BCUT2D eigenvalue weighted by Gasteiger charge is -2.14. The molecule has 1 aliphatic rings. The zero-order chi connectivity index (χ0) is 16.5. The van der Waals surface area contributed by atoms with Crippen LogP contribution in [0.2, 0.25) is 0 Å². The van der Waals surface area contributed by atoms with E-state index >= 15 is 0 Å². The number of hydrogen-bond donors (Lipinski definition) is 0. The SMILES string of the molecule is O=C1C[C@H](Sc2ccc3ccccc3c2)C(=O)N1c1ccccc1. The van der Waals surface area contributed by atoms with Crippen molar-refractivity contribution >= 4 is 40.0 Å². The van der Waals surface area contributed by atoms with E-state index in [-0.39, 0.29) is 23.5 Å². The van der Waals surface area contributed by atoms with Gasteiger partial charge in [-0.2, -0.15) is 0 Å². The second-order valence-corrected chi connectivity index (χ2v) is 7.00. The quantitative estimate of drug-likeness (QED) is 0.672. The highest BCUT2D eigenvalue weighted by Gasteiger charge is 2.40. The zero-order valence-electron chi connectivity index (χ0n) is 12.9. The first-order valence-corrected chi connectivity index (χ1v) is 8.68. The molecule has 24 heavy (non-hydrogen) atoms. The van der Waals surface area contributed by atoms with E-state index in [2.05, 4.69) is 18.2 Å². The molecular formula is C20H15NO2S. The lowest BCUT2D eigenvalue weighted by atomic mass is 10.1. The Kier molecular flexibility index (Phi) is 3.82. The molecule has 0 aliphatic carbocycles. The van der Waals surface area contributed by atoms with Crippen LogP contribution in [-0.2, 0) is 9.59 Å². The van der Waals surface area contributed by atoms with Crippen molar-refractivity contribution in [1.82, 2.24) is 0 Å². The minimum atomic E-state index is -0.362. The summed E-state index contributed by atoms with van der Waals surface area (Å²) in [5, 5.41) is 1.94. The molecule has 0 radical (unpaired) electrons. The van der Waals surface area contributed by atoms with Gasteiger partial charge in [-0.1, -0.05) is 48.5 Å². The van der Waals surface area contributed by atoms with E-state index in [0.29, 0.717) is 5.69 Å². The van der Waals surface area contributed by atoms with Gasteiger partial charge in [-0.15, -0.1) is 11.8 Å². The summed E-state index contributed by atoms with van der Waals surface area (Å²) < 4.78 is 0. The van der Waals surface area contributed by atoms with E-state index in [4.69, 9.17) is 0 Å². The van der Waals surface area contributed by atoms with Crippen LogP contribution in [0.5, 0.6) is 0 Å². The molecule has 4 heteroatoms. The number of fused-ring (bicyclic) bond motifs is 1. The van der Waals surface area contributed by atoms with E-state index in [0.717, 1.165) is 10.3 Å². The highest BCUT2D eigenvalue weighted by molar-refractivity contribution is 8.00. The number of thioether (sulfide) groups is 1. The van der Waals surface area contributed by atoms with Crippen LogP contribution in [-0.4, -0.2) is 17.1 Å². The van der Waals surface area contributed by atoms with Crippen molar-refractivity contribution in [2.75, 3.05) is 4.90 Å². The minimum absolute atomic E-state index is 0.135. The summed E-state index contributed by atoms with van der Waals surface area (Å²) in [6.45, 7) is 0. The summed E-state index contributed by atoms with van der Waals surface area (Å²) in [4.78, 5) is 27.3. The highest BCUT2D eigenvalue weighted by Crippen LogP contribution is 2.34. The maximum atomic E-state index is 12.7. The van der Waals surface area contributed by atoms with E-state index in [1.54, 1.807) is 12.1 Å². The molecule has 3 aromatic rings. The van der Waals surface area contributed by atoms with Gasteiger partial charge in [0.25, 0.3) is 0 Å². The predicted molar refractivity (Wildman–Crippen MR) is 97.1 cm³/mol. The molecule has 2 amide bonds. The Bertz CT molecular complexity index is 923. The second kappa shape index (κ2) is 6.13. The van der Waals surface area contributed by atoms with Gasteiger partial charge >= 0.3 is 0 Å². The number of rotatable bonds is 3. The van der Waals surface area contributed by atoms with Gasteiger partial charge in [-0.25, -0.2) is 4.90 Å². The van der Waals surface area contributed by atoms with Crippen LogP contribution < -0.4 is 4.90 Å². The largest absolute Gasteiger partial charge is 0.274 e. The molecule has 1 fully saturated rings. The molecule has 1 heterocycles. The molecular weight excluding hydrogens is 318 g/mol. The fraction of sp³-hybridized carbons (Fsp3) is 0.100. The molecule has 0 unspecified atom stereocenters. The van der Waals surface area contributed by atoms with Crippen molar-refractivity contribution in [2.24, 2.45) is 0 Å². The second-order valence-electron chi connectivity index (χ2n) is 5.72. The van der Waals surface area contributed by atoms with E-state index in [1.807, 2.05) is 42.5 Å². The summed E-state index contributed by atoms with van der Waals surface area (Å²) in [6.07, 6.45) is 0.241. The Hall–Kier alpha value is -2.59. The average Bonchev–Trinajstić information content (AvgIpc) is 2.89. The molecule has 0 bridgehead atoms. The lowest BCUT2D eigenvalue weighted by molar-refractivity contribution is -0.121. The third-order valence-corrected chi connectivity index (χ3v) is 5.30. The first kappa shape index (κ1) is 15.0. The van der Waals surface area contributed by atoms with Gasteiger partial charge < -0.3 is 0 Å². The Morgan fingerprint density at radius 2 is 1.54 bits per heavy atom. The normalized spacial score (nSPS) is 17.7. The van der Waals surface area contributed by atoms with E-state index < -0.39 is 0 Å². The van der Waals surface area contributed by atoms with Crippen molar-refractivity contribution in [3.8, 4) is 0 Å². The molecule has 3 aromatic carbocycles. The molecule has 1 aliphatic heterocycles. The third kappa shape index (κ3) is 2.69. The maximum Gasteiger partial charge on any atom is 0.247 e. The van der Waals surface area contributed by atoms with E-state index in [9.17, 15) is 9.59 Å². The molecule has 0 spiro atoms. The molecule has 3 nitrogen and oxygen atoms in total. The summed E-state index contributed by atoms with van der Waals surface area (Å²) in [5.74, 6) is -0.270. The van der Waals surface area contributed by atoms with Gasteiger partial charge in [0.2, 0.25) is 11.8 Å². The van der Waals surface area contributed by atoms with Crippen molar-refractivity contribution in [2.45, 2.75) is 16.6 Å². The molecule has 118 valence electrons. The smallest absolute Gasteiger partial charge is 0.247 e. The standard InChI is InChI=1S/C20H15NO2S/c22-19-13-18(20(23)21(19)16-8-2-1-3-9-16)24-17-11-10-14-6-4-5-7-15(14)12-17/h1-12,18H,13H2/t18-/m0/s1. The van der Waals surface area contributed by atoms with Crippen LogP contribution >= 0.6 is 11.8 Å². The Labute approximate surface area is 144 Å². The molecule has 4 rings (SSSR count). The molecule has 1 atom stereocenters. The first-order valence-electron chi connectivity index (χ1n) is 7.80. The summed E-state index contributed by atoms with van der Waals surface area (Å²) in [6, 6.07) is 23.4. The monoisotopic (exact) mass is 333 g/mol. The van der Waals surface area contributed by atoms with Crippen LogP contribution in [0.25, 0.3) is 10.8 Å². The predicted octanol–water partition coefficient (Wildman–Crippen LogP) is 4.26. The van der Waals surface area contributed by atoms with Crippen LogP contribution in [0.1, 0.15) is 6.42 Å². The minimum Gasteiger partial charge on any atom is -0.274 e. The van der Waals surface area contributed by atoms with Gasteiger partial charge in [0, 0.05) is 11.3 Å².